The average Bonchev–Trinajstić information content (AvgIpc) is 3.16. The summed E-state index contributed by atoms with van der Waals surface area (Å²) < 4.78 is 2.07. The molecule has 22 heavy (non-hydrogen) atoms. The predicted molar refractivity (Wildman–Crippen MR) is 88.0 cm³/mol. The average molecular weight is 300 g/mol. The van der Waals surface area contributed by atoms with Crippen molar-refractivity contribution in [3.05, 3.63) is 30.1 Å². The van der Waals surface area contributed by atoms with Crippen molar-refractivity contribution in [3.63, 3.8) is 0 Å². The Morgan fingerprint density at radius 2 is 2.14 bits per heavy atom. The van der Waals surface area contributed by atoms with Gasteiger partial charge in [-0.15, -0.1) is 0 Å². The first-order chi connectivity index (χ1) is 10.8. The molecule has 1 aliphatic heterocycles. The van der Waals surface area contributed by atoms with Gasteiger partial charge in [-0.25, -0.2) is 4.98 Å². The summed E-state index contributed by atoms with van der Waals surface area (Å²) in [6.45, 7) is 6.99. The van der Waals surface area contributed by atoms with Gasteiger partial charge in [0, 0.05) is 37.4 Å². The number of amides is 1. The van der Waals surface area contributed by atoms with Crippen LogP contribution in [0, 0.1) is 0 Å². The molecule has 0 saturated carbocycles. The van der Waals surface area contributed by atoms with E-state index < -0.39 is 0 Å². The molecule has 3 heterocycles. The van der Waals surface area contributed by atoms with Crippen LogP contribution in [0.25, 0.3) is 11.0 Å². The molecule has 3 rings (SSSR count). The van der Waals surface area contributed by atoms with Crippen molar-refractivity contribution in [1.29, 1.82) is 0 Å². The third kappa shape index (κ3) is 3.14. The minimum atomic E-state index is 0.00653. The van der Waals surface area contributed by atoms with Gasteiger partial charge in [0.05, 0.1) is 5.56 Å². The first kappa shape index (κ1) is 15.0. The van der Waals surface area contributed by atoms with Crippen LogP contribution in [0.2, 0.25) is 0 Å². The highest BCUT2D eigenvalue weighted by atomic mass is 16.1. The van der Waals surface area contributed by atoms with Gasteiger partial charge < -0.3 is 14.8 Å². The molecule has 118 valence electrons. The van der Waals surface area contributed by atoms with E-state index in [4.69, 9.17) is 0 Å². The Hall–Kier alpha value is -1.88. The van der Waals surface area contributed by atoms with E-state index >= 15 is 0 Å². The second kappa shape index (κ2) is 6.92. The molecule has 5 nitrogen and oxygen atoms in total. The molecule has 1 saturated heterocycles. The predicted octanol–water partition coefficient (Wildman–Crippen LogP) is 2.27. The van der Waals surface area contributed by atoms with E-state index in [0.29, 0.717) is 6.54 Å². The van der Waals surface area contributed by atoms with E-state index in [-0.39, 0.29) is 5.91 Å². The monoisotopic (exact) mass is 300 g/mol. The van der Waals surface area contributed by atoms with Crippen molar-refractivity contribution in [2.45, 2.75) is 32.7 Å². The van der Waals surface area contributed by atoms with Crippen molar-refractivity contribution in [3.8, 4) is 0 Å². The van der Waals surface area contributed by atoms with Gasteiger partial charge >= 0.3 is 0 Å². The number of aromatic nitrogens is 2. The largest absolute Gasteiger partial charge is 0.351 e. The lowest BCUT2D eigenvalue weighted by Crippen LogP contribution is -2.33. The molecule has 0 radical (unpaired) electrons. The number of likely N-dealkylation sites (tertiary alicyclic amines) is 1. The van der Waals surface area contributed by atoms with E-state index in [2.05, 4.69) is 26.7 Å². The van der Waals surface area contributed by atoms with E-state index in [1.165, 1.54) is 12.8 Å². The first-order valence-electron chi connectivity index (χ1n) is 8.24. The molecule has 0 aliphatic carbocycles. The zero-order chi connectivity index (χ0) is 15.4. The topological polar surface area (TPSA) is 50.2 Å². The maximum atomic E-state index is 12.5. The van der Waals surface area contributed by atoms with Gasteiger partial charge in [0.25, 0.3) is 5.91 Å². The molecule has 1 amide bonds. The molecule has 2 aromatic rings. The molecule has 0 bridgehead atoms. The Labute approximate surface area is 131 Å². The van der Waals surface area contributed by atoms with Crippen molar-refractivity contribution in [1.82, 2.24) is 19.8 Å². The van der Waals surface area contributed by atoms with Gasteiger partial charge in [-0.05, 0) is 44.5 Å². The number of hydrogen-bond donors (Lipinski definition) is 1. The van der Waals surface area contributed by atoms with Crippen LogP contribution in [0.1, 0.15) is 36.5 Å². The number of hydrogen-bond acceptors (Lipinski definition) is 3. The normalized spacial score (nSPS) is 15.5. The fourth-order valence-electron chi connectivity index (χ4n) is 3.14. The SMILES string of the molecule is CCCn1cc(C(=O)NCCN2CCCC2)c2cccnc21. The number of pyridine rings is 1. The Balaban J connectivity index is 1.70. The Morgan fingerprint density at radius 3 is 2.91 bits per heavy atom. The molecule has 0 atom stereocenters. The zero-order valence-corrected chi connectivity index (χ0v) is 13.2. The lowest BCUT2D eigenvalue weighted by atomic mass is 10.2. The first-order valence-corrected chi connectivity index (χ1v) is 8.24. The fourth-order valence-corrected chi connectivity index (χ4v) is 3.14. The fraction of sp³-hybridized carbons (Fsp3) is 0.529. The third-order valence-corrected chi connectivity index (χ3v) is 4.26. The molecular weight excluding hydrogens is 276 g/mol. The summed E-state index contributed by atoms with van der Waals surface area (Å²) in [6, 6.07) is 3.86. The summed E-state index contributed by atoms with van der Waals surface area (Å²) in [7, 11) is 0. The number of carbonyl (C=O) groups is 1. The highest BCUT2D eigenvalue weighted by Crippen LogP contribution is 2.19. The highest BCUT2D eigenvalue weighted by Gasteiger charge is 2.16. The van der Waals surface area contributed by atoms with Gasteiger partial charge in [0.15, 0.2) is 0 Å². The van der Waals surface area contributed by atoms with Crippen LogP contribution < -0.4 is 5.32 Å². The van der Waals surface area contributed by atoms with Crippen LogP contribution in [-0.4, -0.2) is 46.5 Å². The van der Waals surface area contributed by atoms with E-state index in [1.54, 1.807) is 6.20 Å². The van der Waals surface area contributed by atoms with E-state index in [9.17, 15) is 4.79 Å². The number of nitrogens with one attached hydrogen (secondary N) is 1. The van der Waals surface area contributed by atoms with E-state index in [0.717, 1.165) is 49.2 Å². The summed E-state index contributed by atoms with van der Waals surface area (Å²) in [4.78, 5) is 19.3. The summed E-state index contributed by atoms with van der Waals surface area (Å²) in [6.07, 6.45) is 7.31. The second-order valence-electron chi connectivity index (χ2n) is 5.92. The standard InChI is InChI=1S/C17H24N4O/c1-2-9-21-13-15(14-6-5-7-18-16(14)21)17(22)19-8-12-20-10-3-4-11-20/h5-7,13H,2-4,8-12H2,1H3,(H,19,22). The summed E-state index contributed by atoms with van der Waals surface area (Å²) in [5, 5.41) is 3.99. The number of fused-ring (bicyclic) bond motifs is 1. The Morgan fingerprint density at radius 1 is 1.32 bits per heavy atom. The number of carbonyl (C=O) groups excluding carboxylic acids is 1. The van der Waals surface area contributed by atoms with E-state index in [1.807, 2.05) is 18.3 Å². The Bertz CT molecular complexity index is 643. The van der Waals surface area contributed by atoms with Gasteiger partial charge in [-0.2, -0.15) is 0 Å². The lowest BCUT2D eigenvalue weighted by Gasteiger charge is -2.14. The van der Waals surface area contributed by atoms with Crippen LogP contribution in [0.4, 0.5) is 0 Å². The zero-order valence-electron chi connectivity index (χ0n) is 13.2. The Kier molecular flexibility index (Phi) is 4.73. The van der Waals surface area contributed by atoms with Crippen molar-refractivity contribution < 1.29 is 4.79 Å². The van der Waals surface area contributed by atoms with Crippen LogP contribution in [-0.2, 0) is 6.54 Å². The van der Waals surface area contributed by atoms with Crippen molar-refractivity contribution >= 4 is 16.9 Å². The minimum absolute atomic E-state index is 0.00653. The van der Waals surface area contributed by atoms with Gasteiger partial charge in [0.1, 0.15) is 5.65 Å². The molecule has 1 fully saturated rings. The molecule has 5 heteroatoms. The summed E-state index contributed by atoms with van der Waals surface area (Å²) >= 11 is 0. The number of rotatable bonds is 6. The van der Waals surface area contributed by atoms with Gasteiger partial charge in [0.2, 0.25) is 0 Å². The van der Waals surface area contributed by atoms with Crippen LogP contribution in [0.5, 0.6) is 0 Å². The van der Waals surface area contributed by atoms with Gasteiger partial charge in [-0.3, -0.25) is 4.79 Å². The second-order valence-corrected chi connectivity index (χ2v) is 5.92. The van der Waals surface area contributed by atoms with Crippen LogP contribution in [0.3, 0.4) is 0 Å². The summed E-state index contributed by atoms with van der Waals surface area (Å²) in [5.41, 5.74) is 1.63. The summed E-state index contributed by atoms with van der Waals surface area (Å²) in [5.74, 6) is 0.00653. The number of aryl methyl sites for hydroxylation is 1. The molecule has 1 aliphatic rings. The molecule has 0 aromatic carbocycles. The molecular formula is C17H24N4O. The van der Waals surface area contributed by atoms with Crippen LogP contribution >= 0.6 is 0 Å². The van der Waals surface area contributed by atoms with Crippen LogP contribution in [0.15, 0.2) is 24.5 Å². The quantitative estimate of drug-likeness (QED) is 0.890. The molecule has 0 spiro atoms. The van der Waals surface area contributed by atoms with Crippen molar-refractivity contribution in [2.75, 3.05) is 26.2 Å². The van der Waals surface area contributed by atoms with Gasteiger partial charge in [-0.1, -0.05) is 6.92 Å². The highest BCUT2D eigenvalue weighted by molar-refractivity contribution is 6.06. The molecule has 0 unspecified atom stereocenters. The minimum Gasteiger partial charge on any atom is -0.351 e. The number of nitrogens with zero attached hydrogens (tertiary/aromatic N) is 3. The molecule has 2 aromatic heterocycles. The maximum Gasteiger partial charge on any atom is 0.253 e. The third-order valence-electron chi connectivity index (χ3n) is 4.26. The smallest absolute Gasteiger partial charge is 0.253 e. The molecule has 1 N–H and O–H groups in total. The van der Waals surface area contributed by atoms with Crippen molar-refractivity contribution in [2.24, 2.45) is 0 Å². The lowest BCUT2D eigenvalue weighted by molar-refractivity contribution is 0.0951. The maximum absolute atomic E-state index is 12.5.